The van der Waals surface area contributed by atoms with Crippen molar-refractivity contribution in [2.45, 2.75) is 19.4 Å². The molecule has 1 saturated heterocycles. The monoisotopic (exact) mass is 314 g/mol. The number of piperazine rings is 1. The zero-order chi connectivity index (χ0) is 15.5. The Bertz CT molecular complexity index is 681. The highest BCUT2D eigenvalue weighted by Crippen LogP contribution is 2.19. The zero-order valence-electron chi connectivity index (χ0n) is 12.4. The molecular formula is C17H18N2O2S. The Hall–Kier alpha value is -2.14. The van der Waals surface area contributed by atoms with Gasteiger partial charge in [0.1, 0.15) is 0 Å². The molecular weight excluding hydrogens is 296 g/mol. The molecule has 3 rings (SSSR count). The highest BCUT2D eigenvalue weighted by Gasteiger charge is 2.29. The second-order valence-corrected chi connectivity index (χ2v) is 6.49. The normalized spacial score (nSPS) is 18.1. The maximum absolute atomic E-state index is 12.6. The SMILES string of the molecule is Cc1ccsc1C(=O)N1CC(=O)N[C@@H](Cc2ccccc2)C1. The molecule has 2 aromatic rings. The summed E-state index contributed by atoms with van der Waals surface area (Å²) < 4.78 is 0. The van der Waals surface area contributed by atoms with Gasteiger partial charge in [-0.05, 0) is 35.9 Å². The van der Waals surface area contributed by atoms with Gasteiger partial charge in [-0.3, -0.25) is 9.59 Å². The molecule has 1 aliphatic rings. The molecule has 1 aromatic heterocycles. The number of thiophene rings is 1. The van der Waals surface area contributed by atoms with Crippen molar-refractivity contribution in [1.82, 2.24) is 10.2 Å². The molecule has 114 valence electrons. The van der Waals surface area contributed by atoms with E-state index in [2.05, 4.69) is 5.32 Å². The second kappa shape index (κ2) is 6.32. The van der Waals surface area contributed by atoms with Crippen LogP contribution in [0.5, 0.6) is 0 Å². The van der Waals surface area contributed by atoms with E-state index in [9.17, 15) is 9.59 Å². The van der Waals surface area contributed by atoms with Crippen LogP contribution in [-0.2, 0) is 11.2 Å². The Labute approximate surface area is 133 Å². The van der Waals surface area contributed by atoms with Crippen LogP contribution in [0.1, 0.15) is 20.8 Å². The van der Waals surface area contributed by atoms with Crippen LogP contribution < -0.4 is 5.32 Å². The van der Waals surface area contributed by atoms with Crippen LogP contribution in [0.4, 0.5) is 0 Å². The zero-order valence-corrected chi connectivity index (χ0v) is 13.2. The molecule has 0 radical (unpaired) electrons. The molecule has 4 nitrogen and oxygen atoms in total. The minimum Gasteiger partial charge on any atom is -0.350 e. The number of amides is 2. The number of nitrogens with one attached hydrogen (secondary N) is 1. The van der Waals surface area contributed by atoms with Gasteiger partial charge in [-0.15, -0.1) is 11.3 Å². The summed E-state index contributed by atoms with van der Waals surface area (Å²) in [6, 6.07) is 11.9. The summed E-state index contributed by atoms with van der Waals surface area (Å²) in [7, 11) is 0. The van der Waals surface area contributed by atoms with Crippen LogP contribution in [0.25, 0.3) is 0 Å². The van der Waals surface area contributed by atoms with Crippen LogP contribution in [0.2, 0.25) is 0 Å². The Morgan fingerprint density at radius 3 is 2.77 bits per heavy atom. The minimum atomic E-state index is -0.0882. The second-order valence-electron chi connectivity index (χ2n) is 5.57. The average Bonchev–Trinajstić information content (AvgIpc) is 2.93. The Kier molecular flexibility index (Phi) is 4.24. The molecule has 0 bridgehead atoms. The molecule has 1 N–H and O–H groups in total. The Morgan fingerprint density at radius 2 is 2.09 bits per heavy atom. The van der Waals surface area contributed by atoms with Crippen LogP contribution in [-0.4, -0.2) is 35.8 Å². The molecule has 1 aliphatic heterocycles. The van der Waals surface area contributed by atoms with Crippen molar-refractivity contribution in [1.29, 1.82) is 0 Å². The quantitative estimate of drug-likeness (QED) is 0.944. The van der Waals surface area contributed by atoms with Gasteiger partial charge in [0.05, 0.1) is 17.5 Å². The van der Waals surface area contributed by atoms with Gasteiger partial charge in [0.2, 0.25) is 5.91 Å². The summed E-state index contributed by atoms with van der Waals surface area (Å²) in [6.07, 6.45) is 0.736. The average molecular weight is 314 g/mol. The van der Waals surface area contributed by atoms with Crippen molar-refractivity contribution >= 4 is 23.2 Å². The van der Waals surface area contributed by atoms with E-state index in [4.69, 9.17) is 0 Å². The minimum absolute atomic E-state index is 0.0344. The summed E-state index contributed by atoms with van der Waals surface area (Å²) in [4.78, 5) is 26.9. The third kappa shape index (κ3) is 3.20. The molecule has 2 amide bonds. The van der Waals surface area contributed by atoms with Gasteiger partial charge in [-0.2, -0.15) is 0 Å². The lowest BCUT2D eigenvalue weighted by atomic mass is 10.0. The number of aryl methyl sites for hydroxylation is 1. The standard InChI is InChI=1S/C17H18N2O2S/c1-12-7-8-22-16(12)17(21)19-10-14(18-15(20)11-19)9-13-5-3-2-4-6-13/h2-8,14H,9-11H2,1H3,(H,18,20)/t14-/m0/s1. The third-order valence-corrected chi connectivity index (χ3v) is 4.81. The van der Waals surface area contributed by atoms with Gasteiger partial charge < -0.3 is 10.2 Å². The van der Waals surface area contributed by atoms with Crippen LogP contribution in [0.15, 0.2) is 41.8 Å². The number of hydrogen-bond acceptors (Lipinski definition) is 3. The summed E-state index contributed by atoms with van der Waals surface area (Å²) in [5, 5.41) is 4.89. The first-order chi connectivity index (χ1) is 10.6. The number of carbonyl (C=O) groups excluding carboxylic acids is 2. The molecule has 1 atom stereocenters. The molecule has 22 heavy (non-hydrogen) atoms. The summed E-state index contributed by atoms with van der Waals surface area (Å²) >= 11 is 1.43. The molecule has 0 unspecified atom stereocenters. The van der Waals surface area contributed by atoms with Gasteiger partial charge in [0, 0.05) is 6.54 Å². The van der Waals surface area contributed by atoms with Crippen molar-refractivity contribution < 1.29 is 9.59 Å². The number of rotatable bonds is 3. The summed E-state index contributed by atoms with van der Waals surface area (Å²) in [5.41, 5.74) is 2.13. The number of carbonyl (C=O) groups is 2. The van der Waals surface area contributed by atoms with E-state index in [1.807, 2.05) is 48.7 Å². The van der Waals surface area contributed by atoms with Gasteiger partial charge in [-0.1, -0.05) is 30.3 Å². The van der Waals surface area contributed by atoms with E-state index in [-0.39, 0.29) is 24.4 Å². The summed E-state index contributed by atoms with van der Waals surface area (Å²) in [6.45, 7) is 2.62. The summed E-state index contributed by atoms with van der Waals surface area (Å²) in [5.74, 6) is -0.129. The predicted octanol–water partition coefficient (Wildman–Crippen LogP) is 2.24. The first-order valence-corrected chi connectivity index (χ1v) is 8.18. The van der Waals surface area contributed by atoms with Crippen molar-refractivity contribution in [3.63, 3.8) is 0 Å². The molecule has 0 spiro atoms. The highest BCUT2D eigenvalue weighted by molar-refractivity contribution is 7.12. The topological polar surface area (TPSA) is 49.4 Å². The molecule has 1 aromatic carbocycles. The van der Waals surface area contributed by atoms with E-state index < -0.39 is 0 Å². The number of benzene rings is 1. The lowest BCUT2D eigenvalue weighted by molar-refractivity contribution is -0.124. The molecule has 1 fully saturated rings. The Morgan fingerprint density at radius 1 is 1.32 bits per heavy atom. The van der Waals surface area contributed by atoms with Crippen molar-refractivity contribution in [2.24, 2.45) is 0 Å². The lowest BCUT2D eigenvalue weighted by Crippen LogP contribution is -2.56. The van der Waals surface area contributed by atoms with Crippen molar-refractivity contribution in [3.8, 4) is 0 Å². The van der Waals surface area contributed by atoms with E-state index in [1.165, 1.54) is 11.3 Å². The maximum atomic E-state index is 12.6. The van der Waals surface area contributed by atoms with E-state index in [0.29, 0.717) is 6.54 Å². The van der Waals surface area contributed by atoms with Gasteiger partial charge in [0.15, 0.2) is 0 Å². The predicted molar refractivity (Wildman–Crippen MR) is 87.0 cm³/mol. The smallest absolute Gasteiger partial charge is 0.264 e. The molecule has 5 heteroatoms. The van der Waals surface area contributed by atoms with Crippen LogP contribution >= 0.6 is 11.3 Å². The first kappa shape index (κ1) is 14.8. The van der Waals surface area contributed by atoms with E-state index >= 15 is 0 Å². The van der Waals surface area contributed by atoms with Gasteiger partial charge >= 0.3 is 0 Å². The van der Waals surface area contributed by atoms with Gasteiger partial charge in [-0.25, -0.2) is 0 Å². The fraction of sp³-hybridized carbons (Fsp3) is 0.294. The third-order valence-electron chi connectivity index (χ3n) is 3.81. The first-order valence-electron chi connectivity index (χ1n) is 7.30. The number of nitrogens with zero attached hydrogens (tertiary/aromatic N) is 1. The largest absolute Gasteiger partial charge is 0.350 e. The van der Waals surface area contributed by atoms with Crippen LogP contribution in [0, 0.1) is 6.92 Å². The van der Waals surface area contributed by atoms with Crippen molar-refractivity contribution in [3.05, 3.63) is 57.8 Å². The highest BCUT2D eigenvalue weighted by atomic mass is 32.1. The van der Waals surface area contributed by atoms with E-state index in [1.54, 1.807) is 4.90 Å². The Balaban J connectivity index is 1.72. The number of hydrogen-bond donors (Lipinski definition) is 1. The fourth-order valence-electron chi connectivity index (χ4n) is 2.73. The maximum Gasteiger partial charge on any atom is 0.264 e. The van der Waals surface area contributed by atoms with Crippen LogP contribution in [0.3, 0.4) is 0 Å². The molecule has 0 saturated carbocycles. The molecule has 2 heterocycles. The van der Waals surface area contributed by atoms with Crippen molar-refractivity contribution in [2.75, 3.05) is 13.1 Å². The van der Waals surface area contributed by atoms with E-state index in [0.717, 1.165) is 22.4 Å². The molecule has 0 aliphatic carbocycles. The lowest BCUT2D eigenvalue weighted by Gasteiger charge is -2.33. The van der Waals surface area contributed by atoms with Gasteiger partial charge in [0.25, 0.3) is 5.91 Å². The fourth-order valence-corrected chi connectivity index (χ4v) is 3.62.